The molecule has 3 heteroatoms. The molecule has 1 aliphatic carbocycles. The van der Waals surface area contributed by atoms with Crippen LogP contribution in [0.4, 0.5) is 0 Å². The topological polar surface area (TPSA) is 25.4 Å². The zero-order valence-electron chi connectivity index (χ0n) is 22.9. The molecular weight excluding hydrogens is 416 g/mol. The van der Waals surface area contributed by atoms with Gasteiger partial charge < -0.3 is 9.64 Å². The third kappa shape index (κ3) is 3.73. The van der Waals surface area contributed by atoms with Crippen molar-refractivity contribution in [1.82, 2.24) is 9.88 Å². The lowest BCUT2D eigenvalue weighted by Crippen LogP contribution is -2.43. The lowest BCUT2D eigenvalue weighted by molar-refractivity contribution is 0.175. The fourth-order valence-corrected chi connectivity index (χ4v) is 6.51. The van der Waals surface area contributed by atoms with Gasteiger partial charge in [0.05, 0.1) is 6.04 Å². The van der Waals surface area contributed by atoms with Gasteiger partial charge in [-0.1, -0.05) is 46.8 Å². The van der Waals surface area contributed by atoms with E-state index in [1.165, 1.54) is 44.3 Å². The van der Waals surface area contributed by atoms with Crippen molar-refractivity contribution in [3.8, 4) is 0 Å². The molecule has 0 bridgehead atoms. The number of benzene rings is 1. The number of likely N-dealkylation sites (N-methyl/N-ethyl adjacent to an activating group) is 1. The first-order valence-electron chi connectivity index (χ1n) is 12.6. The minimum Gasteiger partial charge on any atom is -0.385 e. The van der Waals surface area contributed by atoms with E-state index in [-0.39, 0.29) is 16.9 Å². The number of aromatic nitrogens is 1. The van der Waals surface area contributed by atoms with Gasteiger partial charge in [0.2, 0.25) is 0 Å². The molecule has 2 heterocycles. The number of rotatable bonds is 4. The van der Waals surface area contributed by atoms with Crippen LogP contribution in [0.2, 0.25) is 0 Å². The number of pyridine rings is 1. The Bertz CT molecular complexity index is 1220. The fraction of sp³-hybridized carbons (Fsp3) is 0.516. The average molecular weight is 459 g/mol. The Morgan fingerprint density at radius 2 is 1.82 bits per heavy atom. The van der Waals surface area contributed by atoms with Crippen LogP contribution in [0.25, 0.3) is 16.5 Å². The maximum absolute atomic E-state index is 5.56. The quantitative estimate of drug-likeness (QED) is 0.444. The SMILES string of the molecule is C=CC1C(CCOC)c2cc3c(C)nc(C)cc3c3c2C(=C(C)/C(=C\C(C)(C)C)C3(C)C)N1C. The summed E-state index contributed by atoms with van der Waals surface area (Å²) in [4.78, 5) is 7.34. The van der Waals surface area contributed by atoms with E-state index >= 15 is 0 Å². The molecule has 0 N–H and O–H groups in total. The summed E-state index contributed by atoms with van der Waals surface area (Å²) in [7, 11) is 4.04. The lowest BCUT2D eigenvalue weighted by Gasteiger charge is -2.50. The van der Waals surface area contributed by atoms with Gasteiger partial charge in [0.25, 0.3) is 0 Å². The Balaban J connectivity index is 2.23. The molecule has 0 saturated heterocycles. The zero-order valence-corrected chi connectivity index (χ0v) is 22.9. The molecule has 3 nitrogen and oxygen atoms in total. The summed E-state index contributed by atoms with van der Waals surface area (Å²) < 4.78 is 5.56. The van der Waals surface area contributed by atoms with E-state index in [0.29, 0.717) is 5.92 Å². The van der Waals surface area contributed by atoms with Crippen LogP contribution in [0.15, 0.2) is 42.0 Å². The summed E-state index contributed by atoms with van der Waals surface area (Å²) in [6.07, 6.45) is 5.58. The van der Waals surface area contributed by atoms with Crippen LogP contribution in [0.5, 0.6) is 0 Å². The second-order valence-corrected chi connectivity index (χ2v) is 11.9. The van der Waals surface area contributed by atoms with E-state index < -0.39 is 0 Å². The molecule has 2 unspecified atom stereocenters. The molecule has 1 aromatic heterocycles. The number of hydrogen-bond acceptors (Lipinski definition) is 3. The summed E-state index contributed by atoms with van der Waals surface area (Å²) in [5.41, 5.74) is 10.6. The summed E-state index contributed by atoms with van der Waals surface area (Å²) in [6, 6.07) is 4.95. The molecule has 1 aliphatic heterocycles. The molecule has 0 saturated carbocycles. The highest BCUT2D eigenvalue weighted by Crippen LogP contribution is 2.56. The second kappa shape index (κ2) is 8.37. The minimum atomic E-state index is -0.127. The normalized spacial score (nSPS) is 23.0. The van der Waals surface area contributed by atoms with Gasteiger partial charge in [0.1, 0.15) is 0 Å². The van der Waals surface area contributed by atoms with Gasteiger partial charge in [0, 0.05) is 60.1 Å². The highest BCUT2D eigenvalue weighted by molar-refractivity contribution is 5.98. The van der Waals surface area contributed by atoms with Crippen molar-refractivity contribution >= 4 is 16.5 Å². The highest BCUT2D eigenvalue weighted by atomic mass is 16.5. The Hall–Kier alpha value is -2.39. The van der Waals surface area contributed by atoms with Gasteiger partial charge in [-0.05, 0) is 72.4 Å². The smallest absolute Gasteiger partial charge is 0.0537 e. The van der Waals surface area contributed by atoms with E-state index in [4.69, 9.17) is 9.72 Å². The number of aryl methyl sites for hydroxylation is 2. The summed E-state index contributed by atoms with van der Waals surface area (Å²) in [5, 5.41) is 2.62. The molecular formula is C31H42N2O. The average Bonchev–Trinajstić information content (AvgIpc) is 2.72. The third-order valence-electron chi connectivity index (χ3n) is 7.84. The van der Waals surface area contributed by atoms with Crippen molar-refractivity contribution in [1.29, 1.82) is 0 Å². The van der Waals surface area contributed by atoms with E-state index in [1.54, 1.807) is 7.11 Å². The van der Waals surface area contributed by atoms with Crippen molar-refractivity contribution in [3.63, 3.8) is 0 Å². The van der Waals surface area contributed by atoms with Crippen LogP contribution in [0.1, 0.15) is 82.0 Å². The molecule has 2 aromatic rings. The van der Waals surface area contributed by atoms with E-state index in [9.17, 15) is 0 Å². The van der Waals surface area contributed by atoms with Crippen LogP contribution >= 0.6 is 0 Å². The molecule has 0 fully saturated rings. The van der Waals surface area contributed by atoms with E-state index in [2.05, 4.69) is 98.2 Å². The van der Waals surface area contributed by atoms with Crippen LogP contribution in [-0.2, 0) is 10.2 Å². The lowest BCUT2D eigenvalue weighted by atomic mass is 9.62. The van der Waals surface area contributed by atoms with Crippen molar-refractivity contribution in [2.45, 2.75) is 79.2 Å². The van der Waals surface area contributed by atoms with Crippen molar-refractivity contribution in [3.05, 3.63) is 70.1 Å². The van der Waals surface area contributed by atoms with Gasteiger partial charge in [-0.3, -0.25) is 4.98 Å². The molecule has 1 aromatic carbocycles. The van der Waals surface area contributed by atoms with Crippen molar-refractivity contribution < 1.29 is 4.74 Å². The maximum atomic E-state index is 5.56. The molecule has 4 rings (SSSR count). The minimum absolute atomic E-state index is 0.0821. The Kier molecular flexibility index (Phi) is 6.09. The predicted molar refractivity (Wildman–Crippen MR) is 145 cm³/mol. The van der Waals surface area contributed by atoms with Gasteiger partial charge in [-0.25, -0.2) is 0 Å². The second-order valence-electron chi connectivity index (χ2n) is 11.9. The predicted octanol–water partition coefficient (Wildman–Crippen LogP) is 7.47. The number of methoxy groups -OCH3 is 1. The van der Waals surface area contributed by atoms with Crippen LogP contribution < -0.4 is 0 Å². The van der Waals surface area contributed by atoms with Crippen LogP contribution in [0, 0.1) is 19.3 Å². The zero-order chi connectivity index (χ0) is 25.2. The summed E-state index contributed by atoms with van der Waals surface area (Å²) in [5.74, 6) is 0.321. The first-order valence-corrected chi connectivity index (χ1v) is 12.6. The highest BCUT2D eigenvalue weighted by Gasteiger charge is 2.45. The molecule has 0 radical (unpaired) electrons. The first-order chi connectivity index (χ1) is 15.8. The standard InChI is InChI=1S/C31H42N2O/c1-12-26-21(13-14-34-11)23-16-22-20(4)32-18(2)15-24(22)28-27(23)29(33(26)10)19(3)25(31(28,8)9)17-30(5,6)7/h12,15-17,21,26H,1,13-14H2,2-11H3/b25-17+. The van der Waals surface area contributed by atoms with Gasteiger partial charge in [-0.2, -0.15) is 0 Å². The monoisotopic (exact) mass is 458 g/mol. The molecule has 0 amide bonds. The van der Waals surface area contributed by atoms with Crippen LogP contribution in [-0.4, -0.2) is 36.7 Å². The molecule has 0 spiro atoms. The molecule has 34 heavy (non-hydrogen) atoms. The van der Waals surface area contributed by atoms with Gasteiger partial charge in [0.15, 0.2) is 0 Å². The number of ether oxygens (including phenoxy) is 1. The van der Waals surface area contributed by atoms with E-state index in [1.807, 2.05) is 0 Å². The maximum Gasteiger partial charge on any atom is 0.0537 e. The van der Waals surface area contributed by atoms with Gasteiger partial charge in [-0.15, -0.1) is 6.58 Å². The third-order valence-corrected chi connectivity index (χ3v) is 7.84. The first kappa shape index (κ1) is 24.7. The largest absolute Gasteiger partial charge is 0.385 e. The van der Waals surface area contributed by atoms with Gasteiger partial charge >= 0.3 is 0 Å². The molecule has 2 atom stereocenters. The van der Waals surface area contributed by atoms with Crippen molar-refractivity contribution in [2.75, 3.05) is 20.8 Å². The summed E-state index contributed by atoms with van der Waals surface area (Å²) >= 11 is 0. The number of hydrogen-bond donors (Lipinski definition) is 0. The number of fused-ring (bicyclic) bond motifs is 2. The molecule has 182 valence electrons. The fourth-order valence-electron chi connectivity index (χ4n) is 6.51. The number of nitrogens with zero attached hydrogens (tertiary/aromatic N) is 2. The Morgan fingerprint density at radius 3 is 2.41 bits per heavy atom. The molecule has 2 aliphatic rings. The Morgan fingerprint density at radius 1 is 1.15 bits per heavy atom. The Labute approximate surface area is 206 Å². The van der Waals surface area contributed by atoms with Crippen LogP contribution in [0.3, 0.4) is 0 Å². The van der Waals surface area contributed by atoms with Crippen molar-refractivity contribution in [2.24, 2.45) is 5.41 Å². The number of allylic oxidation sites excluding steroid dienone is 3. The van der Waals surface area contributed by atoms with E-state index in [0.717, 1.165) is 24.4 Å². The summed E-state index contributed by atoms with van der Waals surface area (Å²) in [6.45, 7) is 23.3.